The summed E-state index contributed by atoms with van der Waals surface area (Å²) in [7, 11) is 1.34. The van der Waals surface area contributed by atoms with Crippen LogP contribution in [0.15, 0.2) is 59.5 Å². The van der Waals surface area contributed by atoms with E-state index < -0.39 is 6.61 Å². The molecule has 2 heterocycles. The highest BCUT2D eigenvalue weighted by molar-refractivity contribution is 5.77. The van der Waals surface area contributed by atoms with Crippen molar-refractivity contribution in [3.63, 3.8) is 0 Å². The lowest BCUT2D eigenvalue weighted by Crippen LogP contribution is -2.24. The summed E-state index contributed by atoms with van der Waals surface area (Å²) in [5, 5.41) is 7.35. The first-order valence-corrected chi connectivity index (χ1v) is 10.4. The number of hydrogen-bond donors (Lipinski definition) is 2. The van der Waals surface area contributed by atoms with Crippen molar-refractivity contribution in [2.75, 3.05) is 7.11 Å². The molecule has 0 fully saturated rings. The Morgan fingerprint density at radius 2 is 1.97 bits per heavy atom. The SMILES string of the molecule is COc1cc(CNC(=O)CCc2nc3c(cnn3-c3ccccc3)c(=O)[nH]2)ccc1OC(F)F. The zero-order valence-electron chi connectivity index (χ0n) is 18.1. The fraction of sp³-hybridized carbons (Fsp3) is 0.217. The minimum atomic E-state index is -2.97. The quantitative estimate of drug-likeness (QED) is 0.390. The van der Waals surface area contributed by atoms with E-state index in [-0.39, 0.29) is 42.4 Å². The molecule has 11 heteroatoms. The van der Waals surface area contributed by atoms with Gasteiger partial charge < -0.3 is 19.8 Å². The number of alkyl halides is 2. The predicted octanol–water partition coefficient (Wildman–Crippen LogP) is 2.97. The first kappa shape index (κ1) is 22.9. The van der Waals surface area contributed by atoms with Crippen LogP contribution in [-0.2, 0) is 17.8 Å². The molecule has 0 saturated carbocycles. The second-order valence-corrected chi connectivity index (χ2v) is 7.28. The summed E-state index contributed by atoms with van der Waals surface area (Å²) in [4.78, 5) is 32.0. The van der Waals surface area contributed by atoms with Gasteiger partial charge in [0, 0.05) is 19.4 Å². The number of ether oxygens (including phenoxy) is 2. The van der Waals surface area contributed by atoms with Gasteiger partial charge in [-0.25, -0.2) is 9.67 Å². The molecule has 176 valence electrons. The molecule has 2 aromatic carbocycles. The molecule has 4 aromatic rings. The maximum atomic E-state index is 12.5. The summed E-state index contributed by atoms with van der Waals surface area (Å²) in [6.45, 7) is -2.81. The van der Waals surface area contributed by atoms with Crippen LogP contribution in [0.1, 0.15) is 17.8 Å². The number of nitrogens with one attached hydrogen (secondary N) is 2. The van der Waals surface area contributed by atoms with E-state index in [1.54, 1.807) is 10.7 Å². The van der Waals surface area contributed by atoms with Crippen molar-refractivity contribution >= 4 is 16.9 Å². The van der Waals surface area contributed by atoms with Crippen molar-refractivity contribution in [3.05, 3.63) is 76.5 Å². The van der Waals surface area contributed by atoms with Crippen molar-refractivity contribution in [3.8, 4) is 17.2 Å². The first-order chi connectivity index (χ1) is 16.4. The van der Waals surface area contributed by atoms with E-state index >= 15 is 0 Å². The summed E-state index contributed by atoms with van der Waals surface area (Å²) >= 11 is 0. The maximum Gasteiger partial charge on any atom is 0.387 e. The lowest BCUT2D eigenvalue weighted by Gasteiger charge is -2.12. The molecule has 9 nitrogen and oxygen atoms in total. The number of para-hydroxylation sites is 1. The van der Waals surface area contributed by atoms with E-state index in [4.69, 9.17) is 4.74 Å². The standard InChI is InChI=1S/C23H21F2N5O4/c1-33-18-11-14(7-8-17(18)34-23(24)25)12-26-20(31)10-9-19-28-21-16(22(32)29-19)13-27-30(21)15-5-3-2-4-6-15/h2-8,11,13,23H,9-10,12H2,1H3,(H,26,31)(H,28,29,32). The minimum absolute atomic E-state index is 0.0810. The van der Waals surface area contributed by atoms with Gasteiger partial charge in [0.2, 0.25) is 5.91 Å². The summed E-state index contributed by atoms with van der Waals surface area (Å²) in [5.41, 5.74) is 1.48. The molecule has 34 heavy (non-hydrogen) atoms. The van der Waals surface area contributed by atoms with Crippen molar-refractivity contribution < 1.29 is 23.0 Å². The normalized spacial score (nSPS) is 11.1. The second-order valence-electron chi connectivity index (χ2n) is 7.28. The maximum absolute atomic E-state index is 12.5. The number of carbonyl (C=O) groups is 1. The van der Waals surface area contributed by atoms with Crippen LogP contribution in [-0.4, -0.2) is 39.4 Å². The second kappa shape index (κ2) is 10.1. The van der Waals surface area contributed by atoms with Crippen LogP contribution in [0.3, 0.4) is 0 Å². The average Bonchev–Trinajstić information content (AvgIpc) is 3.27. The molecule has 2 aromatic heterocycles. The van der Waals surface area contributed by atoms with Gasteiger partial charge in [0.25, 0.3) is 5.56 Å². The molecule has 0 spiro atoms. The van der Waals surface area contributed by atoms with Gasteiger partial charge in [-0.05, 0) is 29.8 Å². The van der Waals surface area contributed by atoms with Gasteiger partial charge in [0.15, 0.2) is 17.1 Å². The van der Waals surface area contributed by atoms with Crippen LogP contribution in [0.2, 0.25) is 0 Å². The predicted molar refractivity (Wildman–Crippen MR) is 119 cm³/mol. The van der Waals surface area contributed by atoms with E-state index in [1.165, 1.54) is 25.4 Å². The number of benzene rings is 2. The van der Waals surface area contributed by atoms with E-state index in [0.717, 1.165) is 5.69 Å². The number of aromatic amines is 1. The fourth-order valence-corrected chi connectivity index (χ4v) is 3.38. The van der Waals surface area contributed by atoms with Gasteiger partial charge in [-0.3, -0.25) is 9.59 Å². The van der Waals surface area contributed by atoms with Crippen LogP contribution in [0.4, 0.5) is 8.78 Å². The number of rotatable bonds is 9. The third-order valence-corrected chi connectivity index (χ3v) is 5.01. The molecule has 1 amide bonds. The third-order valence-electron chi connectivity index (χ3n) is 5.01. The third kappa shape index (κ3) is 5.20. The Balaban J connectivity index is 1.40. The number of H-pyrrole nitrogens is 1. The molecule has 0 aliphatic heterocycles. The number of fused-ring (bicyclic) bond motifs is 1. The Bertz CT molecular complexity index is 1350. The van der Waals surface area contributed by atoms with Crippen molar-refractivity contribution in [1.82, 2.24) is 25.1 Å². The van der Waals surface area contributed by atoms with E-state index in [2.05, 4.69) is 25.1 Å². The van der Waals surface area contributed by atoms with Crippen molar-refractivity contribution in [1.29, 1.82) is 0 Å². The molecular weight excluding hydrogens is 448 g/mol. The molecule has 0 saturated heterocycles. The number of amides is 1. The highest BCUT2D eigenvalue weighted by atomic mass is 19.3. The Kier molecular flexibility index (Phi) is 6.81. The number of halogens is 2. The molecular formula is C23H21F2N5O4. The van der Waals surface area contributed by atoms with Crippen LogP contribution in [0, 0.1) is 0 Å². The van der Waals surface area contributed by atoms with Crippen LogP contribution < -0.4 is 20.3 Å². The molecule has 0 unspecified atom stereocenters. The highest BCUT2D eigenvalue weighted by Gasteiger charge is 2.14. The minimum Gasteiger partial charge on any atom is -0.493 e. The number of aromatic nitrogens is 4. The van der Waals surface area contributed by atoms with Gasteiger partial charge in [0.05, 0.1) is 19.0 Å². The molecule has 0 radical (unpaired) electrons. The lowest BCUT2D eigenvalue weighted by atomic mass is 10.2. The molecule has 0 aliphatic rings. The molecule has 2 N–H and O–H groups in total. The number of nitrogens with zero attached hydrogens (tertiary/aromatic N) is 3. The number of carbonyl (C=O) groups excluding carboxylic acids is 1. The van der Waals surface area contributed by atoms with Crippen molar-refractivity contribution in [2.24, 2.45) is 0 Å². The van der Waals surface area contributed by atoms with Crippen molar-refractivity contribution in [2.45, 2.75) is 26.0 Å². The van der Waals surface area contributed by atoms with Crippen LogP contribution in [0.5, 0.6) is 11.5 Å². The Labute approximate surface area is 192 Å². The van der Waals surface area contributed by atoms with Gasteiger partial charge in [-0.15, -0.1) is 0 Å². The van der Waals surface area contributed by atoms with Gasteiger partial charge in [0.1, 0.15) is 11.2 Å². The Morgan fingerprint density at radius 1 is 1.18 bits per heavy atom. The van der Waals surface area contributed by atoms with E-state index in [9.17, 15) is 18.4 Å². The molecule has 0 bridgehead atoms. The van der Waals surface area contributed by atoms with Gasteiger partial charge >= 0.3 is 6.61 Å². The average molecular weight is 469 g/mol. The van der Waals surface area contributed by atoms with Gasteiger partial charge in [-0.1, -0.05) is 24.3 Å². The summed E-state index contributed by atoms with van der Waals surface area (Å²) in [6.07, 6.45) is 1.75. The largest absolute Gasteiger partial charge is 0.493 e. The Hall–Kier alpha value is -4.28. The number of aryl methyl sites for hydroxylation is 1. The molecule has 0 aliphatic carbocycles. The lowest BCUT2D eigenvalue weighted by molar-refractivity contribution is -0.121. The van der Waals surface area contributed by atoms with Crippen LogP contribution >= 0.6 is 0 Å². The zero-order valence-corrected chi connectivity index (χ0v) is 18.1. The van der Waals surface area contributed by atoms with Crippen LogP contribution in [0.25, 0.3) is 16.7 Å². The monoisotopic (exact) mass is 469 g/mol. The van der Waals surface area contributed by atoms with E-state index in [1.807, 2.05) is 30.3 Å². The highest BCUT2D eigenvalue weighted by Crippen LogP contribution is 2.29. The Morgan fingerprint density at radius 3 is 2.71 bits per heavy atom. The van der Waals surface area contributed by atoms with E-state index in [0.29, 0.717) is 22.4 Å². The number of methoxy groups -OCH3 is 1. The van der Waals surface area contributed by atoms with Gasteiger partial charge in [-0.2, -0.15) is 13.9 Å². The topological polar surface area (TPSA) is 111 Å². The first-order valence-electron chi connectivity index (χ1n) is 10.4. The number of hydrogen-bond acceptors (Lipinski definition) is 6. The molecule has 0 atom stereocenters. The summed E-state index contributed by atoms with van der Waals surface area (Å²) in [6, 6.07) is 13.7. The zero-order chi connectivity index (χ0) is 24.1. The smallest absolute Gasteiger partial charge is 0.387 e. The summed E-state index contributed by atoms with van der Waals surface area (Å²) in [5.74, 6) is 0.136. The fourth-order valence-electron chi connectivity index (χ4n) is 3.38. The molecule has 4 rings (SSSR count). The summed E-state index contributed by atoms with van der Waals surface area (Å²) < 4.78 is 35.9.